The van der Waals surface area contributed by atoms with Crippen LogP contribution < -0.4 is 11.3 Å². The first-order valence-corrected chi connectivity index (χ1v) is 7.44. The Kier molecular flexibility index (Phi) is 5.20. The first kappa shape index (κ1) is 14.8. The van der Waals surface area contributed by atoms with Crippen molar-refractivity contribution in [1.82, 2.24) is 15.2 Å². The van der Waals surface area contributed by atoms with Crippen molar-refractivity contribution in [3.05, 3.63) is 50.3 Å². The third-order valence-corrected chi connectivity index (χ3v) is 4.60. The van der Waals surface area contributed by atoms with Crippen molar-refractivity contribution in [2.75, 3.05) is 0 Å². The zero-order valence-electron chi connectivity index (χ0n) is 10.6. The van der Waals surface area contributed by atoms with Crippen molar-refractivity contribution in [1.29, 1.82) is 0 Å². The van der Waals surface area contributed by atoms with Gasteiger partial charge in [-0.05, 0) is 58.7 Å². The molecule has 1 atom stereocenters. The molecule has 1 aromatic carbocycles. The molecule has 0 amide bonds. The maximum Gasteiger partial charge on any atom is 0.0542 e. The molecule has 0 spiro atoms. The van der Waals surface area contributed by atoms with Gasteiger partial charge in [0, 0.05) is 22.9 Å². The molecule has 0 aliphatic rings. The van der Waals surface area contributed by atoms with Gasteiger partial charge in [0.25, 0.3) is 0 Å². The molecule has 2 aromatic rings. The average Bonchev–Trinajstić information content (AvgIpc) is 2.80. The summed E-state index contributed by atoms with van der Waals surface area (Å²) in [5, 5.41) is 4.93. The van der Waals surface area contributed by atoms with Crippen molar-refractivity contribution in [3.63, 3.8) is 0 Å². The molecule has 102 valence electrons. The fraction of sp³-hybridized carbons (Fsp3) is 0.308. The van der Waals surface area contributed by atoms with Gasteiger partial charge in [-0.2, -0.15) is 5.10 Å². The van der Waals surface area contributed by atoms with Crippen LogP contribution in [-0.4, -0.2) is 9.78 Å². The molecule has 0 saturated heterocycles. The SMILES string of the molecule is Cn1cc(CCC(NN)c2ccc(I)c(Cl)c2)cn1. The van der Waals surface area contributed by atoms with Crippen LogP contribution in [0.1, 0.15) is 23.6 Å². The number of nitrogens with two attached hydrogens (primary N) is 1. The van der Waals surface area contributed by atoms with Crippen LogP contribution >= 0.6 is 34.2 Å². The van der Waals surface area contributed by atoms with E-state index in [9.17, 15) is 0 Å². The Labute approximate surface area is 131 Å². The van der Waals surface area contributed by atoms with E-state index in [1.807, 2.05) is 36.3 Å². The Morgan fingerprint density at radius 2 is 2.32 bits per heavy atom. The molecule has 1 heterocycles. The Balaban J connectivity index is 2.05. The summed E-state index contributed by atoms with van der Waals surface area (Å²) >= 11 is 8.36. The van der Waals surface area contributed by atoms with Crippen LogP contribution in [0.15, 0.2) is 30.6 Å². The molecule has 0 aliphatic carbocycles. The van der Waals surface area contributed by atoms with Crippen LogP contribution in [0.2, 0.25) is 5.02 Å². The summed E-state index contributed by atoms with van der Waals surface area (Å²) in [5.41, 5.74) is 5.17. The van der Waals surface area contributed by atoms with Crippen molar-refractivity contribution >= 4 is 34.2 Å². The molecule has 0 bridgehead atoms. The summed E-state index contributed by atoms with van der Waals surface area (Å²) in [6.07, 6.45) is 5.73. The molecule has 3 N–H and O–H groups in total. The maximum absolute atomic E-state index is 6.15. The van der Waals surface area contributed by atoms with E-state index < -0.39 is 0 Å². The number of aromatic nitrogens is 2. The fourth-order valence-corrected chi connectivity index (χ4v) is 2.51. The fourth-order valence-electron chi connectivity index (χ4n) is 1.99. The number of hydrazine groups is 1. The third-order valence-electron chi connectivity index (χ3n) is 3.03. The zero-order valence-corrected chi connectivity index (χ0v) is 13.5. The highest BCUT2D eigenvalue weighted by Crippen LogP contribution is 2.25. The predicted octanol–water partition coefficient (Wildman–Crippen LogP) is 2.82. The van der Waals surface area contributed by atoms with Crippen LogP contribution in [0.25, 0.3) is 0 Å². The molecule has 2 rings (SSSR count). The standard InChI is InChI=1S/C13H16ClIN4/c1-19-8-9(7-17-19)2-5-13(18-16)10-3-4-12(15)11(14)6-10/h3-4,6-8,13,18H,2,5,16H2,1H3. The monoisotopic (exact) mass is 390 g/mol. The Morgan fingerprint density at radius 3 is 2.89 bits per heavy atom. The summed E-state index contributed by atoms with van der Waals surface area (Å²) in [5.74, 6) is 5.65. The predicted molar refractivity (Wildman–Crippen MR) is 85.8 cm³/mol. The van der Waals surface area contributed by atoms with E-state index in [0.29, 0.717) is 0 Å². The summed E-state index contributed by atoms with van der Waals surface area (Å²) in [6, 6.07) is 6.13. The number of hydrogen-bond donors (Lipinski definition) is 2. The molecule has 0 aliphatic heterocycles. The second-order valence-electron chi connectivity index (χ2n) is 4.45. The summed E-state index contributed by atoms with van der Waals surface area (Å²) in [4.78, 5) is 0. The minimum absolute atomic E-state index is 0.0923. The minimum Gasteiger partial charge on any atom is -0.276 e. The first-order chi connectivity index (χ1) is 9.10. The molecule has 0 saturated carbocycles. The van der Waals surface area contributed by atoms with Crippen molar-refractivity contribution < 1.29 is 0 Å². The molecule has 1 unspecified atom stereocenters. The quantitative estimate of drug-likeness (QED) is 0.469. The van der Waals surface area contributed by atoms with Crippen LogP contribution in [0.5, 0.6) is 0 Å². The van der Waals surface area contributed by atoms with E-state index in [1.54, 1.807) is 0 Å². The molecular weight excluding hydrogens is 375 g/mol. The number of nitrogens with zero attached hydrogens (tertiary/aromatic N) is 2. The van der Waals surface area contributed by atoms with Gasteiger partial charge in [0.1, 0.15) is 0 Å². The second kappa shape index (κ2) is 6.69. The topological polar surface area (TPSA) is 55.9 Å². The van der Waals surface area contributed by atoms with Crippen LogP contribution in [0.4, 0.5) is 0 Å². The highest BCUT2D eigenvalue weighted by atomic mass is 127. The Hall–Kier alpha value is -0.630. The number of rotatable bonds is 5. The lowest BCUT2D eigenvalue weighted by Crippen LogP contribution is -2.28. The Bertz CT molecular complexity index is 555. The molecule has 1 aromatic heterocycles. The number of hydrogen-bond acceptors (Lipinski definition) is 3. The van der Waals surface area contributed by atoms with E-state index in [0.717, 1.165) is 27.0 Å². The minimum atomic E-state index is 0.0923. The molecule has 6 heteroatoms. The Morgan fingerprint density at radius 1 is 1.53 bits per heavy atom. The van der Waals surface area contributed by atoms with Gasteiger partial charge < -0.3 is 0 Å². The third kappa shape index (κ3) is 3.92. The second-order valence-corrected chi connectivity index (χ2v) is 6.02. The zero-order chi connectivity index (χ0) is 13.8. The van der Waals surface area contributed by atoms with E-state index in [-0.39, 0.29) is 6.04 Å². The average molecular weight is 391 g/mol. The van der Waals surface area contributed by atoms with Crippen LogP contribution in [0, 0.1) is 3.57 Å². The molecule has 4 nitrogen and oxygen atoms in total. The van der Waals surface area contributed by atoms with Gasteiger partial charge >= 0.3 is 0 Å². The first-order valence-electron chi connectivity index (χ1n) is 5.98. The van der Waals surface area contributed by atoms with Crippen molar-refractivity contribution in [3.8, 4) is 0 Å². The van der Waals surface area contributed by atoms with Crippen LogP contribution in [-0.2, 0) is 13.5 Å². The van der Waals surface area contributed by atoms with E-state index >= 15 is 0 Å². The van der Waals surface area contributed by atoms with Crippen molar-refractivity contribution in [2.24, 2.45) is 12.9 Å². The summed E-state index contributed by atoms with van der Waals surface area (Å²) in [6.45, 7) is 0. The highest BCUT2D eigenvalue weighted by Gasteiger charge is 2.11. The summed E-state index contributed by atoms with van der Waals surface area (Å²) < 4.78 is 2.85. The van der Waals surface area contributed by atoms with Gasteiger partial charge in [0.2, 0.25) is 0 Å². The maximum atomic E-state index is 6.15. The van der Waals surface area contributed by atoms with E-state index in [4.69, 9.17) is 17.4 Å². The summed E-state index contributed by atoms with van der Waals surface area (Å²) in [7, 11) is 1.92. The lowest BCUT2D eigenvalue weighted by atomic mass is 10.0. The van der Waals surface area contributed by atoms with E-state index in [2.05, 4.69) is 39.2 Å². The molecule has 0 fully saturated rings. The largest absolute Gasteiger partial charge is 0.276 e. The number of halogens is 2. The van der Waals surface area contributed by atoms with Gasteiger partial charge in [-0.15, -0.1) is 0 Å². The lowest BCUT2D eigenvalue weighted by Gasteiger charge is -2.16. The van der Waals surface area contributed by atoms with Gasteiger partial charge in [-0.3, -0.25) is 16.0 Å². The molecule has 19 heavy (non-hydrogen) atoms. The van der Waals surface area contributed by atoms with Gasteiger partial charge in [0.15, 0.2) is 0 Å². The van der Waals surface area contributed by atoms with Crippen molar-refractivity contribution in [2.45, 2.75) is 18.9 Å². The number of nitrogens with one attached hydrogen (secondary N) is 1. The van der Waals surface area contributed by atoms with Gasteiger partial charge in [0.05, 0.1) is 11.2 Å². The normalized spacial score (nSPS) is 12.6. The van der Waals surface area contributed by atoms with E-state index in [1.165, 1.54) is 5.56 Å². The lowest BCUT2D eigenvalue weighted by molar-refractivity contribution is 0.516. The molecular formula is C13H16ClIN4. The van der Waals surface area contributed by atoms with Gasteiger partial charge in [-0.25, -0.2) is 0 Å². The highest BCUT2D eigenvalue weighted by molar-refractivity contribution is 14.1. The molecule has 0 radical (unpaired) electrons. The number of benzene rings is 1. The van der Waals surface area contributed by atoms with Crippen LogP contribution in [0.3, 0.4) is 0 Å². The number of aryl methyl sites for hydroxylation is 2. The smallest absolute Gasteiger partial charge is 0.0542 e. The van der Waals surface area contributed by atoms with Gasteiger partial charge in [-0.1, -0.05) is 17.7 Å².